The maximum Gasteiger partial charge on any atom is 0.0603 e. The average Bonchev–Trinajstić information content (AvgIpc) is 2.51. The fraction of sp³-hybridized carbons (Fsp3) is 1.00. The van der Waals surface area contributed by atoms with Crippen LogP contribution in [-0.2, 0) is 4.74 Å². The Balaban J connectivity index is 1.31. The number of hydrogen-bond acceptors (Lipinski definition) is 3. The fourth-order valence-corrected chi connectivity index (χ4v) is 5.17. The third kappa shape index (κ3) is 5.43. The smallest absolute Gasteiger partial charge is 0.0603 e. The Labute approximate surface area is 156 Å². The molecule has 0 bridgehead atoms. The fourth-order valence-electron chi connectivity index (χ4n) is 5.17. The van der Waals surface area contributed by atoms with Crippen LogP contribution in [0, 0.1) is 11.8 Å². The highest BCUT2D eigenvalue weighted by Crippen LogP contribution is 2.37. The van der Waals surface area contributed by atoms with Gasteiger partial charge in [-0.2, -0.15) is 0 Å². The largest absolute Gasteiger partial charge is 0.375 e. The third-order valence-electron chi connectivity index (χ3n) is 6.78. The Kier molecular flexibility index (Phi) is 6.50. The minimum Gasteiger partial charge on any atom is -0.375 e. The maximum absolute atomic E-state index is 6.49. The molecule has 0 aromatic carbocycles. The number of piperidine rings is 2. The predicted molar refractivity (Wildman–Crippen MR) is 106 cm³/mol. The van der Waals surface area contributed by atoms with Gasteiger partial charge >= 0.3 is 0 Å². The molecule has 146 valence electrons. The number of ether oxygens (including phenoxy) is 1. The van der Waals surface area contributed by atoms with Crippen molar-refractivity contribution in [1.29, 1.82) is 0 Å². The van der Waals surface area contributed by atoms with Crippen LogP contribution in [0.5, 0.6) is 0 Å². The van der Waals surface area contributed by atoms with Crippen LogP contribution in [-0.4, -0.2) is 59.8 Å². The number of nitrogens with zero attached hydrogens (tertiary/aromatic N) is 2. The molecule has 2 aliphatic heterocycles. The van der Waals surface area contributed by atoms with Gasteiger partial charge in [0.05, 0.1) is 12.2 Å². The molecule has 0 radical (unpaired) electrons. The highest BCUT2D eigenvalue weighted by atomic mass is 16.5. The summed E-state index contributed by atoms with van der Waals surface area (Å²) in [5, 5.41) is 0. The summed E-state index contributed by atoms with van der Waals surface area (Å²) in [7, 11) is 0. The van der Waals surface area contributed by atoms with Crippen LogP contribution in [0.1, 0.15) is 79.6 Å². The summed E-state index contributed by atoms with van der Waals surface area (Å²) in [5.41, 5.74) is 0.312. The van der Waals surface area contributed by atoms with Gasteiger partial charge in [0.25, 0.3) is 0 Å². The molecule has 0 N–H and O–H groups in total. The molecule has 2 heterocycles. The predicted octanol–water partition coefficient (Wildman–Crippen LogP) is 4.56. The van der Waals surface area contributed by atoms with Crippen molar-refractivity contribution in [3.63, 3.8) is 0 Å². The van der Waals surface area contributed by atoms with Crippen molar-refractivity contribution in [3.8, 4) is 0 Å². The van der Waals surface area contributed by atoms with Gasteiger partial charge in [0, 0.05) is 37.8 Å². The first-order valence-corrected chi connectivity index (χ1v) is 11.0. The molecule has 0 spiro atoms. The molecule has 3 aliphatic rings. The average molecular weight is 351 g/mol. The second-order valence-electron chi connectivity index (χ2n) is 10.3. The highest BCUT2D eigenvalue weighted by molar-refractivity contribution is 4.90. The number of rotatable bonds is 5. The van der Waals surface area contributed by atoms with Gasteiger partial charge in [-0.3, -0.25) is 4.90 Å². The Morgan fingerprint density at radius 1 is 0.880 bits per heavy atom. The summed E-state index contributed by atoms with van der Waals surface area (Å²) in [5.74, 6) is 1.88. The van der Waals surface area contributed by atoms with Crippen molar-refractivity contribution in [2.75, 3.05) is 26.2 Å². The van der Waals surface area contributed by atoms with Crippen LogP contribution >= 0.6 is 0 Å². The lowest BCUT2D eigenvalue weighted by molar-refractivity contribution is -0.0818. The van der Waals surface area contributed by atoms with E-state index in [-0.39, 0.29) is 0 Å². The Morgan fingerprint density at radius 3 is 1.88 bits per heavy atom. The van der Waals surface area contributed by atoms with Crippen LogP contribution in [0.15, 0.2) is 0 Å². The van der Waals surface area contributed by atoms with E-state index in [4.69, 9.17) is 4.74 Å². The van der Waals surface area contributed by atoms with Gasteiger partial charge in [0.2, 0.25) is 0 Å². The van der Waals surface area contributed by atoms with Crippen molar-refractivity contribution in [1.82, 2.24) is 9.80 Å². The van der Waals surface area contributed by atoms with Gasteiger partial charge in [-0.25, -0.2) is 0 Å². The lowest BCUT2D eigenvalue weighted by atomic mass is 9.74. The summed E-state index contributed by atoms with van der Waals surface area (Å²) in [4.78, 5) is 5.37. The molecule has 3 fully saturated rings. The Morgan fingerprint density at radius 2 is 1.40 bits per heavy atom. The lowest BCUT2D eigenvalue weighted by Crippen LogP contribution is -2.51. The van der Waals surface area contributed by atoms with E-state index >= 15 is 0 Å². The molecule has 0 amide bonds. The zero-order valence-corrected chi connectivity index (χ0v) is 17.5. The lowest BCUT2D eigenvalue weighted by Gasteiger charge is -2.47. The van der Waals surface area contributed by atoms with E-state index in [0.717, 1.165) is 17.9 Å². The van der Waals surface area contributed by atoms with Gasteiger partial charge in [-0.05, 0) is 77.6 Å². The molecular formula is C22H42N2O. The zero-order chi connectivity index (χ0) is 18.0. The summed E-state index contributed by atoms with van der Waals surface area (Å²) < 4.78 is 6.49. The topological polar surface area (TPSA) is 15.7 Å². The molecule has 3 heteroatoms. The standard InChI is InChI=1S/C22H42N2O/c1-17(2)14-18-15-19(16-18)23-10-6-20(7-11-23)25-21-8-12-24(13-9-21)22(3,4)5/h17-21H,6-16H2,1-5H3. The van der Waals surface area contributed by atoms with Gasteiger partial charge in [-0.15, -0.1) is 0 Å². The van der Waals surface area contributed by atoms with Crippen LogP contribution in [0.4, 0.5) is 0 Å². The molecule has 1 aliphatic carbocycles. The van der Waals surface area contributed by atoms with E-state index < -0.39 is 0 Å². The number of hydrogen-bond donors (Lipinski definition) is 0. The zero-order valence-electron chi connectivity index (χ0n) is 17.5. The molecule has 25 heavy (non-hydrogen) atoms. The van der Waals surface area contributed by atoms with E-state index in [9.17, 15) is 0 Å². The summed E-state index contributed by atoms with van der Waals surface area (Å²) in [6.07, 6.45) is 10.3. The Bertz CT molecular complexity index is 395. The molecule has 0 unspecified atom stereocenters. The molecular weight excluding hydrogens is 308 g/mol. The molecule has 2 saturated heterocycles. The van der Waals surface area contributed by atoms with Gasteiger partial charge in [0.15, 0.2) is 0 Å². The van der Waals surface area contributed by atoms with E-state index in [1.807, 2.05) is 0 Å². The quantitative estimate of drug-likeness (QED) is 0.723. The molecule has 0 atom stereocenters. The minimum absolute atomic E-state index is 0.312. The molecule has 3 rings (SSSR count). The van der Waals surface area contributed by atoms with Gasteiger partial charge < -0.3 is 9.64 Å². The Hall–Kier alpha value is -0.120. The summed E-state index contributed by atoms with van der Waals surface area (Å²) in [6.45, 7) is 16.7. The van der Waals surface area contributed by atoms with Crippen molar-refractivity contribution < 1.29 is 4.74 Å². The first-order chi connectivity index (χ1) is 11.8. The van der Waals surface area contributed by atoms with Crippen molar-refractivity contribution in [3.05, 3.63) is 0 Å². The van der Waals surface area contributed by atoms with Crippen molar-refractivity contribution in [2.24, 2.45) is 11.8 Å². The molecule has 0 aromatic heterocycles. The SMILES string of the molecule is CC(C)CC1CC(N2CCC(OC3CCN(C(C)(C)C)CC3)CC2)C1. The first kappa shape index (κ1) is 19.6. The summed E-state index contributed by atoms with van der Waals surface area (Å²) >= 11 is 0. The van der Waals surface area contributed by atoms with Crippen LogP contribution < -0.4 is 0 Å². The normalized spacial score (nSPS) is 31.4. The summed E-state index contributed by atoms with van der Waals surface area (Å²) in [6, 6.07) is 0.889. The van der Waals surface area contributed by atoms with E-state index in [2.05, 4.69) is 44.4 Å². The van der Waals surface area contributed by atoms with Crippen LogP contribution in [0.2, 0.25) is 0 Å². The van der Waals surface area contributed by atoms with E-state index in [1.54, 1.807) is 0 Å². The van der Waals surface area contributed by atoms with Crippen LogP contribution in [0.25, 0.3) is 0 Å². The van der Waals surface area contributed by atoms with Crippen molar-refractivity contribution >= 4 is 0 Å². The highest BCUT2D eigenvalue weighted by Gasteiger charge is 2.36. The molecule has 0 aromatic rings. The van der Waals surface area contributed by atoms with E-state index in [0.29, 0.717) is 17.7 Å². The number of likely N-dealkylation sites (tertiary alicyclic amines) is 2. The van der Waals surface area contributed by atoms with Gasteiger partial charge in [0.1, 0.15) is 0 Å². The third-order valence-corrected chi connectivity index (χ3v) is 6.78. The van der Waals surface area contributed by atoms with Crippen molar-refractivity contribution in [2.45, 2.75) is 103 Å². The minimum atomic E-state index is 0.312. The monoisotopic (exact) mass is 350 g/mol. The molecule has 1 saturated carbocycles. The maximum atomic E-state index is 6.49. The second-order valence-corrected chi connectivity index (χ2v) is 10.3. The first-order valence-electron chi connectivity index (χ1n) is 11.0. The van der Waals surface area contributed by atoms with E-state index in [1.165, 1.54) is 71.1 Å². The van der Waals surface area contributed by atoms with Gasteiger partial charge in [-0.1, -0.05) is 13.8 Å². The molecule has 3 nitrogen and oxygen atoms in total. The van der Waals surface area contributed by atoms with Crippen LogP contribution in [0.3, 0.4) is 0 Å². The second kappa shape index (κ2) is 8.27.